The molecule has 30 heavy (non-hydrogen) atoms. The number of halogens is 3. The predicted octanol–water partition coefficient (Wildman–Crippen LogP) is 4.57. The maximum Gasteiger partial charge on any atom is 0.422 e. The monoisotopic (exact) mass is 421 g/mol. The van der Waals surface area contributed by atoms with Crippen LogP contribution >= 0.6 is 0 Å². The Morgan fingerprint density at radius 1 is 1.13 bits per heavy atom. The zero-order valence-corrected chi connectivity index (χ0v) is 16.9. The minimum atomic E-state index is -4.39. The molecule has 0 saturated carbocycles. The van der Waals surface area contributed by atoms with Crippen molar-refractivity contribution in [2.45, 2.75) is 32.1 Å². The molecule has 0 unspecified atom stereocenters. The van der Waals surface area contributed by atoms with Gasteiger partial charge in [0.05, 0.1) is 0 Å². The van der Waals surface area contributed by atoms with E-state index < -0.39 is 12.8 Å². The van der Waals surface area contributed by atoms with Crippen molar-refractivity contribution >= 4 is 11.7 Å². The number of urea groups is 1. The highest BCUT2D eigenvalue weighted by atomic mass is 19.4. The van der Waals surface area contributed by atoms with E-state index in [9.17, 15) is 18.0 Å². The number of amides is 2. The molecule has 1 aliphatic heterocycles. The number of nitrogens with zero attached hydrogens (tertiary/aromatic N) is 2. The third kappa shape index (κ3) is 6.30. The summed E-state index contributed by atoms with van der Waals surface area (Å²) in [6.45, 7) is 1.37. The van der Waals surface area contributed by atoms with Crippen molar-refractivity contribution in [3.63, 3.8) is 0 Å². The Hall–Kier alpha value is -2.90. The summed E-state index contributed by atoms with van der Waals surface area (Å²) in [5.41, 5.74) is 2.90. The number of carbonyl (C=O) groups is 1. The molecule has 3 rings (SSSR count). The third-order valence-electron chi connectivity index (χ3n) is 4.94. The Morgan fingerprint density at radius 3 is 2.60 bits per heavy atom. The van der Waals surface area contributed by atoms with Crippen molar-refractivity contribution in [3.8, 4) is 5.75 Å². The second-order valence-corrected chi connectivity index (χ2v) is 7.39. The fraction of sp³-hybridized carbons (Fsp3) is 0.409. The second kappa shape index (κ2) is 9.73. The van der Waals surface area contributed by atoms with E-state index in [2.05, 4.69) is 16.3 Å². The van der Waals surface area contributed by atoms with Crippen LogP contribution in [0, 0.1) is 0 Å². The molecule has 0 aromatic heterocycles. The highest BCUT2D eigenvalue weighted by Gasteiger charge is 2.28. The first kappa shape index (κ1) is 21.8. The van der Waals surface area contributed by atoms with Gasteiger partial charge in [-0.1, -0.05) is 30.3 Å². The van der Waals surface area contributed by atoms with E-state index in [1.165, 1.54) is 25.0 Å². The van der Waals surface area contributed by atoms with Gasteiger partial charge in [-0.3, -0.25) is 0 Å². The number of anilines is 1. The highest BCUT2D eigenvalue weighted by molar-refractivity contribution is 5.74. The summed E-state index contributed by atoms with van der Waals surface area (Å²) in [6.07, 6.45) is -2.04. The number of para-hydroxylation sites is 1. The number of rotatable bonds is 7. The molecule has 2 aromatic rings. The van der Waals surface area contributed by atoms with Crippen molar-refractivity contribution in [2.24, 2.45) is 0 Å². The fourth-order valence-corrected chi connectivity index (χ4v) is 3.46. The average Bonchev–Trinajstić information content (AvgIpc) is 3.25. The lowest BCUT2D eigenvalue weighted by Crippen LogP contribution is -2.36. The standard InChI is InChI=1S/C22H26F3N3O2/c1-27(15-18-8-2-3-10-20(18)28-11-4-5-12-28)21(29)26-14-17-7-6-9-19(13-17)30-16-22(23,24)25/h2-3,6-10,13H,4-5,11-12,14-16H2,1H3,(H,26,29). The molecular weight excluding hydrogens is 395 g/mol. The lowest BCUT2D eigenvalue weighted by Gasteiger charge is -2.24. The Kier molecular flexibility index (Phi) is 7.07. The topological polar surface area (TPSA) is 44.8 Å². The first-order valence-electron chi connectivity index (χ1n) is 9.92. The molecule has 1 heterocycles. The molecule has 8 heteroatoms. The number of carbonyl (C=O) groups excluding carboxylic acids is 1. The molecule has 1 fully saturated rings. The van der Waals surface area contributed by atoms with Gasteiger partial charge in [0.15, 0.2) is 6.61 Å². The van der Waals surface area contributed by atoms with Crippen LogP contribution < -0.4 is 15.0 Å². The lowest BCUT2D eigenvalue weighted by molar-refractivity contribution is -0.153. The molecule has 2 amide bonds. The molecule has 162 valence electrons. The number of alkyl halides is 3. The molecule has 0 bridgehead atoms. The van der Waals surface area contributed by atoms with E-state index in [1.54, 1.807) is 24.1 Å². The number of hydrogen-bond acceptors (Lipinski definition) is 3. The molecule has 2 aromatic carbocycles. The molecule has 0 aliphatic carbocycles. The quantitative estimate of drug-likeness (QED) is 0.712. The molecule has 0 radical (unpaired) electrons. The molecule has 0 spiro atoms. The van der Waals surface area contributed by atoms with Crippen LogP contribution in [0.4, 0.5) is 23.7 Å². The molecule has 1 aliphatic rings. The maximum atomic E-state index is 12.5. The van der Waals surface area contributed by atoms with Crippen molar-refractivity contribution in [1.82, 2.24) is 10.2 Å². The van der Waals surface area contributed by atoms with Gasteiger partial charge in [-0.25, -0.2) is 4.79 Å². The number of benzene rings is 2. The summed E-state index contributed by atoms with van der Waals surface area (Å²) in [5, 5.41) is 2.80. The SMILES string of the molecule is CN(Cc1ccccc1N1CCCC1)C(=O)NCc1cccc(OCC(F)(F)F)c1. The van der Waals surface area contributed by atoms with Gasteiger partial charge in [0.25, 0.3) is 0 Å². The van der Waals surface area contributed by atoms with Gasteiger partial charge >= 0.3 is 12.2 Å². The summed E-state index contributed by atoms with van der Waals surface area (Å²) in [5.74, 6) is 0.118. The van der Waals surface area contributed by atoms with Gasteiger partial charge < -0.3 is 19.9 Å². The van der Waals surface area contributed by atoms with Crippen LogP contribution in [-0.2, 0) is 13.1 Å². The van der Waals surface area contributed by atoms with E-state index >= 15 is 0 Å². The summed E-state index contributed by atoms with van der Waals surface area (Å²) >= 11 is 0. The third-order valence-corrected chi connectivity index (χ3v) is 4.94. The second-order valence-electron chi connectivity index (χ2n) is 7.39. The van der Waals surface area contributed by atoms with Crippen molar-refractivity contribution < 1.29 is 22.7 Å². The van der Waals surface area contributed by atoms with Gasteiger partial charge in [-0.2, -0.15) is 13.2 Å². The summed E-state index contributed by atoms with van der Waals surface area (Å²) in [7, 11) is 1.72. The van der Waals surface area contributed by atoms with E-state index in [0.29, 0.717) is 12.1 Å². The van der Waals surface area contributed by atoms with E-state index in [-0.39, 0.29) is 18.3 Å². The maximum absolute atomic E-state index is 12.5. The zero-order chi connectivity index (χ0) is 21.6. The Morgan fingerprint density at radius 2 is 1.87 bits per heavy atom. The van der Waals surface area contributed by atoms with Gasteiger partial charge in [0, 0.05) is 38.9 Å². The minimum Gasteiger partial charge on any atom is -0.484 e. The Balaban J connectivity index is 1.54. The minimum absolute atomic E-state index is 0.118. The van der Waals surface area contributed by atoms with E-state index in [0.717, 1.165) is 24.3 Å². The number of ether oxygens (including phenoxy) is 1. The first-order valence-corrected chi connectivity index (χ1v) is 9.92. The Bertz CT molecular complexity index is 852. The van der Waals surface area contributed by atoms with Gasteiger partial charge in [-0.05, 0) is 42.2 Å². The molecule has 0 atom stereocenters. The molecular formula is C22H26F3N3O2. The van der Waals surface area contributed by atoms with Crippen LogP contribution in [-0.4, -0.2) is 43.9 Å². The predicted molar refractivity (Wildman–Crippen MR) is 110 cm³/mol. The molecule has 5 nitrogen and oxygen atoms in total. The lowest BCUT2D eigenvalue weighted by atomic mass is 10.1. The zero-order valence-electron chi connectivity index (χ0n) is 16.9. The highest BCUT2D eigenvalue weighted by Crippen LogP contribution is 2.25. The average molecular weight is 421 g/mol. The smallest absolute Gasteiger partial charge is 0.422 e. The van der Waals surface area contributed by atoms with Crippen LogP contribution in [0.1, 0.15) is 24.0 Å². The van der Waals surface area contributed by atoms with Crippen molar-refractivity contribution in [2.75, 3.05) is 31.6 Å². The summed E-state index contributed by atoms with van der Waals surface area (Å²) in [6, 6.07) is 14.1. The van der Waals surface area contributed by atoms with Crippen LogP contribution in [0.2, 0.25) is 0 Å². The van der Waals surface area contributed by atoms with Crippen LogP contribution in [0.5, 0.6) is 5.75 Å². The Labute approximate surface area is 174 Å². The van der Waals surface area contributed by atoms with Gasteiger partial charge in [0.2, 0.25) is 0 Å². The summed E-state index contributed by atoms with van der Waals surface area (Å²) < 4.78 is 41.7. The molecule has 1 N–H and O–H groups in total. The van der Waals surface area contributed by atoms with Crippen molar-refractivity contribution in [3.05, 3.63) is 59.7 Å². The normalized spacial score (nSPS) is 13.9. The van der Waals surface area contributed by atoms with Gasteiger partial charge in [-0.15, -0.1) is 0 Å². The van der Waals surface area contributed by atoms with E-state index in [1.807, 2.05) is 18.2 Å². The van der Waals surface area contributed by atoms with Crippen LogP contribution in [0.15, 0.2) is 48.5 Å². The number of nitrogens with one attached hydrogen (secondary N) is 1. The molecule has 1 saturated heterocycles. The largest absolute Gasteiger partial charge is 0.484 e. The first-order chi connectivity index (χ1) is 14.3. The van der Waals surface area contributed by atoms with E-state index in [4.69, 9.17) is 4.74 Å². The van der Waals surface area contributed by atoms with Crippen LogP contribution in [0.3, 0.4) is 0 Å². The van der Waals surface area contributed by atoms with Crippen molar-refractivity contribution in [1.29, 1.82) is 0 Å². The van der Waals surface area contributed by atoms with Crippen LogP contribution in [0.25, 0.3) is 0 Å². The summed E-state index contributed by atoms with van der Waals surface area (Å²) in [4.78, 5) is 16.5. The number of hydrogen-bond donors (Lipinski definition) is 1. The van der Waals surface area contributed by atoms with Gasteiger partial charge in [0.1, 0.15) is 5.75 Å². The fourth-order valence-electron chi connectivity index (χ4n) is 3.46.